The van der Waals surface area contributed by atoms with Gasteiger partial charge in [0.1, 0.15) is 11.2 Å². The van der Waals surface area contributed by atoms with Gasteiger partial charge in [0.05, 0.1) is 7.11 Å². The molecule has 0 amide bonds. The zero-order chi connectivity index (χ0) is 16.6. The Morgan fingerprint density at radius 2 is 1.83 bits per heavy atom. The van der Waals surface area contributed by atoms with Crippen LogP contribution in [0.2, 0.25) is 0 Å². The van der Waals surface area contributed by atoms with Crippen LogP contribution in [0.1, 0.15) is 17.5 Å². The Hall–Kier alpha value is -1.70. The number of benzene rings is 2. The van der Waals surface area contributed by atoms with E-state index in [-0.39, 0.29) is 0 Å². The van der Waals surface area contributed by atoms with E-state index in [0.29, 0.717) is 11.2 Å². The van der Waals surface area contributed by atoms with Crippen molar-refractivity contribution >= 4 is 23.5 Å². The summed E-state index contributed by atoms with van der Waals surface area (Å²) < 4.78 is 11.7. The van der Waals surface area contributed by atoms with Crippen molar-refractivity contribution in [2.24, 2.45) is 0 Å². The number of hydrogen-bond donors (Lipinski definition) is 0. The highest BCUT2D eigenvalue weighted by molar-refractivity contribution is 8.17. The van der Waals surface area contributed by atoms with Gasteiger partial charge < -0.3 is 9.47 Å². The maximum Gasteiger partial charge on any atom is 0.161 e. The topological polar surface area (TPSA) is 18.5 Å². The lowest BCUT2D eigenvalue weighted by Gasteiger charge is -2.15. The maximum atomic E-state index is 5.88. The second-order valence-electron chi connectivity index (χ2n) is 5.34. The van der Waals surface area contributed by atoms with Crippen molar-refractivity contribution in [3.63, 3.8) is 0 Å². The Kier molecular flexibility index (Phi) is 6.40. The van der Waals surface area contributed by atoms with Gasteiger partial charge >= 0.3 is 0 Å². The lowest BCUT2D eigenvalue weighted by Crippen LogP contribution is -2.03. The average Bonchev–Trinajstić information content (AvgIpc) is 2.66. The van der Waals surface area contributed by atoms with E-state index in [2.05, 4.69) is 11.8 Å². The molecule has 3 rings (SSSR count). The largest absolute Gasteiger partial charge is 0.493 e. The molecule has 1 fully saturated rings. The fourth-order valence-corrected chi connectivity index (χ4v) is 4.79. The normalized spacial score (nSPS) is 14.5. The van der Waals surface area contributed by atoms with Crippen molar-refractivity contribution in [1.29, 1.82) is 0 Å². The number of thioether (sulfide) groups is 2. The fourth-order valence-electron chi connectivity index (χ4n) is 2.31. The van der Waals surface area contributed by atoms with Crippen molar-refractivity contribution in [3.8, 4) is 23.3 Å². The van der Waals surface area contributed by atoms with Crippen LogP contribution < -0.4 is 9.47 Å². The quantitative estimate of drug-likeness (QED) is 0.731. The van der Waals surface area contributed by atoms with Crippen molar-refractivity contribution < 1.29 is 9.47 Å². The standard InChI is InChI=1S/C20H20O2S2/c1-21-19-14-16(9-11-20-23-12-5-13-24-20)8-10-18(19)22-15-17-6-3-2-4-7-17/h2-4,6-8,10,14,20H,5,12-13,15H2,1H3. The van der Waals surface area contributed by atoms with Crippen molar-refractivity contribution in [2.45, 2.75) is 17.6 Å². The van der Waals surface area contributed by atoms with Crippen LogP contribution in [0, 0.1) is 11.8 Å². The Bertz CT molecular complexity index is 713. The molecule has 124 valence electrons. The molecule has 0 aliphatic carbocycles. The van der Waals surface area contributed by atoms with Crippen LogP contribution in [0.5, 0.6) is 11.5 Å². The van der Waals surface area contributed by atoms with Gasteiger partial charge in [-0.15, -0.1) is 23.5 Å². The SMILES string of the molecule is COc1cc(C#CC2SCCCS2)ccc1OCc1ccccc1. The zero-order valence-corrected chi connectivity index (χ0v) is 15.3. The highest BCUT2D eigenvalue weighted by Gasteiger charge is 2.11. The molecule has 0 spiro atoms. The summed E-state index contributed by atoms with van der Waals surface area (Å²) in [7, 11) is 1.66. The van der Waals surface area contributed by atoms with Gasteiger partial charge in [0.2, 0.25) is 0 Å². The summed E-state index contributed by atoms with van der Waals surface area (Å²) in [5.74, 6) is 10.5. The summed E-state index contributed by atoms with van der Waals surface area (Å²) in [5.41, 5.74) is 2.10. The first kappa shape index (κ1) is 17.1. The number of ether oxygens (including phenoxy) is 2. The van der Waals surface area contributed by atoms with Crippen LogP contribution in [-0.4, -0.2) is 23.2 Å². The molecule has 0 atom stereocenters. The molecule has 1 aliphatic rings. The lowest BCUT2D eigenvalue weighted by molar-refractivity contribution is 0.284. The molecule has 0 N–H and O–H groups in total. The lowest BCUT2D eigenvalue weighted by atomic mass is 10.2. The smallest absolute Gasteiger partial charge is 0.161 e. The molecule has 4 heteroatoms. The van der Waals surface area contributed by atoms with E-state index >= 15 is 0 Å². The first-order valence-corrected chi connectivity index (χ1v) is 10.0. The van der Waals surface area contributed by atoms with Gasteiger partial charge in [-0.25, -0.2) is 0 Å². The number of rotatable bonds is 4. The van der Waals surface area contributed by atoms with E-state index in [0.717, 1.165) is 22.6 Å². The van der Waals surface area contributed by atoms with Crippen LogP contribution in [0.4, 0.5) is 0 Å². The van der Waals surface area contributed by atoms with Crippen LogP contribution >= 0.6 is 23.5 Å². The molecule has 2 aromatic rings. The second kappa shape index (κ2) is 8.96. The number of methoxy groups -OCH3 is 1. The Labute approximate surface area is 152 Å². The van der Waals surface area contributed by atoms with E-state index in [9.17, 15) is 0 Å². The highest BCUT2D eigenvalue weighted by Crippen LogP contribution is 2.31. The monoisotopic (exact) mass is 356 g/mol. The molecular formula is C20H20O2S2. The minimum absolute atomic E-state index is 0.388. The van der Waals surface area contributed by atoms with E-state index in [4.69, 9.17) is 9.47 Å². The molecule has 1 saturated heterocycles. The second-order valence-corrected chi connectivity index (χ2v) is 8.06. The van der Waals surface area contributed by atoms with Gasteiger partial charge in [-0.1, -0.05) is 42.2 Å². The average molecular weight is 357 g/mol. The van der Waals surface area contributed by atoms with Crippen LogP contribution in [0.3, 0.4) is 0 Å². The molecule has 1 aliphatic heterocycles. The zero-order valence-electron chi connectivity index (χ0n) is 13.7. The number of hydrogen-bond acceptors (Lipinski definition) is 4. The highest BCUT2D eigenvalue weighted by atomic mass is 32.2. The summed E-state index contributed by atoms with van der Waals surface area (Å²) in [6, 6.07) is 16.0. The van der Waals surface area contributed by atoms with E-state index in [1.807, 2.05) is 72.1 Å². The van der Waals surface area contributed by atoms with Crippen LogP contribution in [0.25, 0.3) is 0 Å². The predicted octanol–water partition coefficient (Wildman–Crippen LogP) is 4.82. The molecular weight excluding hydrogens is 336 g/mol. The molecule has 0 bridgehead atoms. The van der Waals surface area contributed by atoms with Crippen molar-refractivity contribution in [3.05, 3.63) is 59.7 Å². The minimum atomic E-state index is 0.388. The predicted molar refractivity (Wildman–Crippen MR) is 104 cm³/mol. The van der Waals surface area contributed by atoms with Gasteiger partial charge in [-0.3, -0.25) is 0 Å². The summed E-state index contributed by atoms with van der Waals surface area (Å²) in [4.78, 5) is 0. The maximum absolute atomic E-state index is 5.88. The molecule has 0 saturated carbocycles. The van der Waals surface area contributed by atoms with Gasteiger partial charge in [0.25, 0.3) is 0 Å². The third-order valence-electron chi connectivity index (χ3n) is 3.56. The first-order chi connectivity index (χ1) is 11.8. The van der Waals surface area contributed by atoms with Crippen LogP contribution in [-0.2, 0) is 6.61 Å². The molecule has 24 heavy (non-hydrogen) atoms. The fraction of sp³-hybridized carbons (Fsp3) is 0.300. The third kappa shape index (κ3) is 4.90. The molecule has 1 heterocycles. The van der Waals surface area contributed by atoms with Crippen molar-refractivity contribution in [2.75, 3.05) is 18.6 Å². The first-order valence-electron chi connectivity index (χ1n) is 7.94. The van der Waals surface area contributed by atoms with Gasteiger partial charge in [-0.05, 0) is 41.7 Å². The Morgan fingerprint density at radius 3 is 2.58 bits per heavy atom. The van der Waals surface area contributed by atoms with E-state index < -0.39 is 0 Å². The molecule has 2 nitrogen and oxygen atoms in total. The van der Waals surface area contributed by atoms with Gasteiger partial charge in [0.15, 0.2) is 11.5 Å². The molecule has 0 unspecified atom stereocenters. The summed E-state index contributed by atoms with van der Waals surface area (Å²) >= 11 is 3.87. The third-order valence-corrected chi connectivity index (χ3v) is 6.27. The van der Waals surface area contributed by atoms with Gasteiger partial charge in [-0.2, -0.15) is 0 Å². The molecule has 2 aromatic carbocycles. The van der Waals surface area contributed by atoms with Crippen LogP contribution in [0.15, 0.2) is 48.5 Å². The van der Waals surface area contributed by atoms with E-state index in [1.165, 1.54) is 17.9 Å². The molecule has 0 radical (unpaired) electrons. The molecule has 0 aromatic heterocycles. The Balaban J connectivity index is 1.67. The van der Waals surface area contributed by atoms with Crippen molar-refractivity contribution in [1.82, 2.24) is 0 Å². The Morgan fingerprint density at radius 1 is 1.04 bits per heavy atom. The summed E-state index contributed by atoms with van der Waals surface area (Å²) in [5, 5.41) is 0. The summed E-state index contributed by atoms with van der Waals surface area (Å²) in [6.45, 7) is 0.525. The van der Waals surface area contributed by atoms with E-state index in [1.54, 1.807) is 7.11 Å². The summed E-state index contributed by atoms with van der Waals surface area (Å²) in [6.07, 6.45) is 1.29. The van der Waals surface area contributed by atoms with Gasteiger partial charge in [0, 0.05) is 5.56 Å². The minimum Gasteiger partial charge on any atom is -0.493 e.